The van der Waals surface area contributed by atoms with E-state index in [4.69, 9.17) is 0 Å². The summed E-state index contributed by atoms with van der Waals surface area (Å²) in [5.41, 5.74) is -0.409. The minimum atomic E-state index is -3.87. The van der Waals surface area contributed by atoms with Crippen molar-refractivity contribution in [2.45, 2.75) is 37.1 Å². The van der Waals surface area contributed by atoms with Crippen LogP contribution in [-0.2, 0) is 10.0 Å². The Morgan fingerprint density at radius 3 is 2.80 bits per heavy atom. The third-order valence-corrected chi connectivity index (χ3v) is 5.31. The van der Waals surface area contributed by atoms with Crippen LogP contribution in [0.2, 0.25) is 0 Å². The number of nitrogens with one attached hydrogen (secondary N) is 1. The van der Waals surface area contributed by atoms with Gasteiger partial charge in [0.1, 0.15) is 0 Å². The maximum atomic E-state index is 12.3. The van der Waals surface area contributed by atoms with Crippen LogP contribution in [0.25, 0.3) is 0 Å². The fraction of sp³-hybridized carbons (Fsp3) is 0.500. The monoisotopic (exact) mass is 362 g/mol. The van der Waals surface area contributed by atoms with Crippen molar-refractivity contribution in [2.75, 3.05) is 0 Å². The number of nitrogens with zero attached hydrogens (tertiary/aromatic N) is 1. The normalized spacial score (nSPS) is 21.7. The number of nitro benzene ring substituents is 1. The average Bonchev–Trinajstić information content (AvgIpc) is 3.06. The molecule has 2 atom stereocenters. The van der Waals surface area contributed by atoms with Crippen LogP contribution < -0.4 is 4.72 Å². The van der Waals surface area contributed by atoms with Crippen molar-refractivity contribution in [2.24, 2.45) is 5.92 Å². The highest BCUT2D eigenvalue weighted by atomic mass is 79.9. The topological polar surface area (TPSA) is 89.3 Å². The summed E-state index contributed by atoms with van der Waals surface area (Å²) >= 11 is 3.14. The first-order valence-corrected chi connectivity index (χ1v) is 8.59. The smallest absolute Gasteiger partial charge is 0.258 e. The van der Waals surface area contributed by atoms with Crippen LogP contribution in [0.1, 0.15) is 26.2 Å². The molecule has 0 amide bonds. The van der Waals surface area contributed by atoms with Crippen molar-refractivity contribution in [3.8, 4) is 0 Å². The van der Waals surface area contributed by atoms with Gasteiger partial charge >= 0.3 is 0 Å². The van der Waals surface area contributed by atoms with Crippen molar-refractivity contribution in [3.05, 3.63) is 32.8 Å². The van der Waals surface area contributed by atoms with Crippen LogP contribution in [0, 0.1) is 16.0 Å². The van der Waals surface area contributed by atoms with Gasteiger partial charge in [0, 0.05) is 16.6 Å². The molecule has 6 nitrogen and oxygen atoms in total. The first kappa shape index (κ1) is 15.4. The van der Waals surface area contributed by atoms with Crippen molar-refractivity contribution >= 4 is 31.6 Å². The van der Waals surface area contributed by atoms with Gasteiger partial charge in [-0.2, -0.15) is 0 Å². The fourth-order valence-electron chi connectivity index (χ4n) is 2.20. The van der Waals surface area contributed by atoms with E-state index in [1.807, 2.05) is 6.92 Å². The maximum absolute atomic E-state index is 12.3. The van der Waals surface area contributed by atoms with Crippen molar-refractivity contribution in [3.63, 3.8) is 0 Å². The summed E-state index contributed by atoms with van der Waals surface area (Å²) in [5.74, 6) is 0.348. The first-order chi connectivity index (χ1) is 9.35. The standard InChI is InChI=1S/C12H15BrN2O4S/c1-2-3-8-6-10(8)14-20(18,19)12-7-9(13)4-5-11(12)15(16)17/h4-5,7-8,10,14H,2-3,6H2,1H3. The van der Waals surface area contributed by atoms with Crippen LogP contribution in [0.5, 0.6) is 0 Å². The van der Waals surface area contributed by atoms with Crippen LogP contribution in [0.15, 0.2) is 27.6 Å². The summed E-state index contributed by atoms with van der Waals surface area (Å²) in [6, 6.07) is 3.81. The molecule has 0 bridgehead atoms. The first-order valence-electron chi connectivity index (χ1n) is 6.31. The Hall–Kier alpha value is -0.990. The van der Waals surface area contributed by atoms with E-state index < -0.39 is 20.6 Å². The second-order valence-corrected chi connectivity index (χ2v) is 7.48. The Kier molecular flexibility index (Phi) is 4.46. The van der Waals surface area contributed by atoms with Gasteiger partial charge in [0.25, 0.3) is 5.69 Å². The number of nitro groups is 1. The Balaban J connectivity index is 2.26. The zero-order chi connectivity index (χ0) is 14.9. The summed E-state index contributed by atoms with van der Waals surface area (Å²) in [6.45, 7) is 2.04. The van der Waals surface area contributed by atoms with E-state index >= 15 is 0 Å². The van der Waals surface area contributed by atoms with Crippen LogP contribution in [0.3, 0.4) is 0 Å². The SMILES string of the molecule is CCCC1CC1NS(=O)(=O)c1cc(Br)ccc1[N+](=O)[O-]. The molecule has 0 saturated heterocycles. The summed E-state index contributed by atoms with van der Waals surface area (Å²) in [7, 11) is -3.87. The number of rotatable bonds is 6. The van der Waals surface area contributed by atoms with Crippen LogP contribution in [0.4, 0.5) is 5.69 Å². The fourth-order valence-corrected chi connectivity index (χ4v) is 4.23. The molecular formula is C12H15BrN2O4S. The minimum absolute atomic E-state index is 0.0986. The quantitative estimate of drug-likeness (QED) is 0.622. The lowest BCUT2D eigenvalue weighted by Crippen LogP contribution is -2.27. The van der Waals surface area contributed by atoms with Crippen LogP contribution >= 0.6 is 15.9 Å². The van der Waals surface area contributed by atoms with Crippen molar-refractivity contribution < 1.29 is 13.3 Å². The van der Waals surface area contributed by atoms with Gasteiger partial charge in [0.2, 0.25) is 10.0 Å². The molecule has 1 N–H and O–H groups in total. The van der Waals surface area contributed by atoms with Gasteiger partial charge in [-0.3, -0.25) is 10.1 Å². The van der Waals surface area contributed by atoms with Crippen molar-refractivity contribution in [1.82, 2.24) is 4.72 Å². The summed E-state index contributed by atoms with van der Waals surface area (Å²) in [4.78, 5) is 9.97. The third kappa shape index (κ3) is 3.36. The molecular weight excluding hydrogens is 348 g/mol. The van der Waals surface area contributed by atoms with Gasteiger partial charge in [-0.1, -0.05) is 29.3 Å². The van der Waals surface area contributed by atoms with Gasteiger partial charge in [0.05, 0.1) is 4.92 Å². The maximum Gasteiger partial charge on any atom is 0.289 e. The van der Waals surface area contributed by atoms with Crippen LogP contribution in [-0.4, -0.2) is 19.4 Å². The van der Waals surface area contributed by atoms with E-state index in [1.165, 1.54) is 18.2 Å². The Morgan fingerprint density at radius 2 is 2.20 bits per heavy atom. The molecule has 2 unspecified atom stereocenters. The molecule has 0 spiro atoms. The largest absolute Gasteiger partial charge is 0.289 e. The van der Waals surface area contributed by atoms with Crippen molar-refractivity contribution in [1.29, 1.82) is 0 Å². The number of sulfonamides is 1. The van der Waals surface area contributed by atoms with E-state index in [9.17, 15) is 18.5 Å². The van der Waals surface area contributed by atoms with E-state index in [0.29, 0.717) is 10.4 Å². The molecule has 0 heterocycles. The Bertz CT molecular complexity index is 632. The molecule has 0 aromatic heterocycles. The summed E-state index contributed by atoms with van der Waals surface area (Å²) in [6.07, 6.45) is 2.77. The molecule has 20 heavy (non-hydrogen) atoms. The van der Waals surface area contributed by atoms with Gasteiger partial charge in [0.15, 0.2) is 4.90 Å². The highest BCUT2D eigenvalue weighted by Gasteiger charge is 2.40. The van der Waals surface area contributed by atoms with E-state index in [-0.39, 0.29) is 10.9 Å². The lowest BCUT2D eigenvalue weighted by atomic mass is 10.2. The third-order valence-electron chi connectivity index (χ3n) is 3.30. The summed E-state index contributed by atoms with van der Waals surface area (Å²) in [5, 5.41) is 10.9. The molecule has 1 saturated carbocycles. The number of hydrogen-bond acceptors (Lipinski definition) is 4. The molecule has 1 aromatic rings. The Morgan fingerprint density at radius 1 is 1.50 bits per heavy atom. The zero-order valence-electron chi connectivity index (χ0n) is 10.9. The average molecular weight is 363 g/mol. The predicted octanol–water partition coefficient (Wildman–Crippen LogP) is 2.82. The van der Waals surface area contributed by atoms with Gasteiger partial charge < -0.3 is 0 Å². The molecule has 1 fully saturated rings. The number of hydrogen-bond donors (Lipinski definition) is 1. The Labute approximate surface area is 125 Å². The molecule has 2 rings (SSSR count). The van der Waals surface area contributed by atoms with E-state index in [2.05, 4.69) is 20.7 Å². The predicted molar refractivity (Wildman–Crippen MR) is 77.9 cm³/mol. The molecule has 8 heteroatoms. The zero-order valence-corrected chi connectivity index (χ0v) is 13.3. The lowest BCUT2D eigenvalue weighted by Gasteiger charge is -2.07. The van der Waals surface area contributed by atoms with Gasteiger partial charge in [-0.05, 0) is 30.9 Å². The second kappa shape index (κ2) is 5.79. The minimum Gasteiger partial charge on any atom is -0.258 e. The second-order valence-electron chi connectivity index (χ2n) is 4.88. The molecule has 1 aliphatic rings. The lowest BCUT2D eigenvalue weighted by molar-refractivity contribution is -0.387. The van der Waals surface area contributed by atoms with E-state index in [0.717, 1.165) is 19.3 Å². The molecule has 110 valence electrons. The molecule has 1 aliphatic carbocycles. The molecule has 0 aliphatic heterocycles. The number of benzene rings is 1. The van der Waals surface area contributed by atoms with Gasteiger partial charge in [-0.25, -0.2) is 13.1 Å². The van der Waals surface area contributed by atoms with Gasteiger partial charge in [-0.15, -0.1) is 0 Å². The summed E-state index contributed by atoms with van der Waals surface area (Å²) < 4.78 is 27.6. The highest BCUT2D eigenvalue weighted by Crippen LogP contribution is 2.36. The number of halogens is 1. The molecule has 1 aromatic carbocycles. The molecule has 0 radical (unpaired) electrons. The highest BCUT2D eigenvalue weighted by molar-refractivity contribution is 9.10. The van der Waals surface area contributed by atoms with E-state index in [1.54, 1.807) is 0 Å².